The molecule has 2 aliphatic rings. The molecule has 0 amide bonds. The third kappa shape index (κ3) is 2.59. The van der Waals surface area contributed by atoms with Gasteiger partial charge in [-0.3, -0.25) is 4.90 Å². The fourth-order valence-electron chi connectivity index (χ4n) is 4.08. The van der Waals surface area contributed by atoms with Crippen LogP contribution in [0.4, 0.5) is 0 Å². The second kappa shape index (κ2) is 5.55. The van der Waals surface area contributed by atoms with E-state index in [9.17, 15) is 5.11 Å². The molecule has 4 atom stereocenters. The smallest absolute Gasteiger partial charge is 0.0995 e. The lowest BCUT2D eigenvalue weighted by molar-refractivity contribution is 0.158. The van der Waals surface area contributed by atoms with Crippen LogP contribution in [0.5, 0.6) is 0 Å². The van der Waals surface area contributed by atoms with E-state index in [4.69, 9.17) is 5.26 Å². The van der Waals surface area contributed by atoms with Crippen LogP contribution in [-0.2, 0) is 6.54 Å². The first kappa shape index (κ1) is 13.6. The first-order chi connectivity index (χ1) is 9.67. The largest absolute Gasteiger partial charge is 0.393 e. The topological polar surface area (TPSA) is 47.3 Å². The minimum atomic E-state index is -0.0597. The maximum absolute atomic E-state index is 9.71. The van der Waals surface area contributed by atoms with Crippen LogP contribution in [0, 0.1) is 23.2 Å². The molecule has 2 unspecified atom stereocenters. The molecule has 0 saturated heterocycles. The molecule has 0 aromatic heterocycles. The van der Waals surface area contributed by atoms with Gasteiger partial charge >= 0.3 is 0 Å². The number of hydrogen-bond acceptors (Lipinski definition) is 3. The molecule has 20 heavy (non-hydrogen) atoms. The van der Waals surface area contributed by atoms with Gasteiger partial charge in [0.1, 0.15) is 0 Å². The van der Waals surface area contributed by atoms with Crippen LogP contribution in [0.2, 0.25) is 0 Å². The van der Waals surface area contributed by atoms with Crippen LogP contribution >= 0.6 is 0 Å². The molecule has 3 heteroatoms. The van der Waals surface area contributed by atoms with Gasteiger partial charge < -0.3 is 5.11 Å². The van der Waals surface area contributed by atoms with Crippen LogP contribution in [0.1, 0.15) is 36.8 Å². The minimum Gasteiger partial charge on any atom is -0.393 e. The monoisotopic (exact) mass is 270 g/mol. The molecule has 2 saturated carbocycles. The number of rotatable bonds is 3. The maximum Gasteiger partial charge on any atom is 0.0995 e. The van der Waals surface area contributed by atoms with Gasteiger partial charge in [-0.05, 0) is 56.2 Å². The predicted molar refractivity (Wildman–Crippen MR) is 77.9 cm³/mol. The van der Waals surface area contributed by atoms with Crippen LogP contribution in [0.3, 0.4) is 0 Å². The molecule has 1 aromatic carbocycles. The lowest BCUT2D eigenvalue weighted by atomic mass is 10.0. The Morgan fingerprint density at radius 2 is 1.85 bits per heavy atom. The van der Waals surface area contributed by atoms with Gasteiger partial charge in [0.2, 0.25) is 0 Å². The second-order valence-electron chi connectivity index (χ2n) is 6.45. The molecule has 106 valence electrons. The van der Waals surface area contributed by atoms with Gasteiger partial charge in [0.15, 0.2) is 0 Å². The quantitative estimate of drug-likeness (QED) is 0.918. The Labute approximate surface area is 120 Å². The number of benzene rings is 1. The Hall–Kier alpha value is -1.37. The van der Waals surface area contributed by atoms with Crippen LogP contribution in [0.25, 0.3) is 0 Å². The summed E-state index contributed by atoms with van der Waals surface area (Å²) in [6, 6.07) is 10.7. The van der Waals surface area contributed by atoms with Crippen molar-refractivity contribution in [2.24, 2.45) is 11.8 Å². The first-order valence-corrected chi connectivity index (χ1v) is 7.53. The number of nitrogens with zero attached hydrogens (tertiary/aromatic N) is 2. The highest BCUT2D eigenvalue weighted by molar-refractivity contribution is 5.37. The third-order valence-electron chi connectivity index (χ3n) is 5.15. The molecule has 0 bridgehead atoms. The van der Waals surface area contributed by atoms with Crippen molar-refractivity contribution in [3.8, 4) is 6.07 Å². The van der Waals surface area contributed by atoms with Crippen LogP contribution in [-0.4, -0.2) is 29.2 Å². The summed E-state index contributed by atoms with van der Waals surface area (Å²) in [5.74, 6) is 1.42. The van der Waals surface area contributed by atoms with E-state index in [-0.39, 0.29) is 6.10 Å². The van der Waals surface area contributed by atoms with Crippen molar-refractivity contribution in [3.63, 3.8) is 0 Å². The SMILES string of the molecule is CN(Cc1ccccc1C#N)C1C[C@H]2CC(O)C[C@H]2C1. The molecule has 0 spiro atoms. The summed E-state index contributed by atoms with van der Waals surface area (Å²) in [6.45, 7) is 0.844. The van der Waals surface area contributed by atoms with E-state index in [1.807, 2.05) is 18.2 Å². The fraction of sp³-hybridized carbons (Fsp3) is 0.588. The Morgan fingerprint density at radius 3 is 2.50 bits per heavy atom. The number of hydrogen-bond donors (Lipinski definition) is 1. The van der Waals surface area contributed by atoms with E-state index in [0.29, 0.717) is 17.9 Å². The van der Waals surface area contributed by atoms with E-state index < -0.39 is 0 Å². The Bertz CT molecular complexity index is 508. The summed E-state index contributed by atoms with van der Waals surface area (Å²) in [4.78, 5) is 2.39. The van der Waals surface area contributed by atoms with Gasteiger partial charge in [-0.15, -0.1) is 0 Å². The molecule has 0 aliphatic heterocycles. The summed E-state index contributed by atoms with van der Waals surface area (Å²) in [5.41, 5.74) is 1.91. The molecule has 2 fully saturated rings. The average molecular weight is 270 g/mol. The first-order valence-electron chi connectivity index (χ1n) is 7.53. The zero-order chi connectivity index (χ0) is 14.1. The van der Waals surface area contributed by atoms with Gasteiger partial charge in [-0.1, -0.05) is 18.2 Å². The van der Waals surface area contributed by atoms with Gasteiger partial charge in [0.05, 0.1) is 17.7 Å². The molecular weight excluding hydrogens is 248 g/mol. The normalized spacial score (nSPS) is 32.3. The average Bonchev–Trinajstić information content (AvgIpc) is 2.96. The van der Waals surface area contributed by atoms with Gasteiger partial charge in [-0.2, -0.15) is 5.26 Å². The number of fused-ring (bicyclic) bond motifs is 1. The van der Waals surface area contributed by atoms with Crippen molar-refractivity contribution in [1.82, 2.24) is 4.90 Å². The number of aliphatic hydroxyl groups is 1. The van der Waals surface area contributed by atoms with Gasteiger partial charge in [0, 0.05) is 12.6 Å². The standard InChI is InChI=1S/C17H22N2O/c1-19(11-13-5-3-2-4-12(13)10-18)16-6-14-8-17(20)9-15(14)7-16/h2-5,14-17,20H,6-9,11H2,1H3/t14-,15+,16?,17?. The predicted octanol–water partition coefficient (Wildman–Crippen LogP) is 2.54. The number of nitriles is 1. The zero-order valence-corrected chi connectivity index (χ0v) is 12.0. The highest BCUT2D eigenvalue weighted by Gasteiger charge is 2.42. The molecule has 3 rings (SSSR count). The van der Waals surface area contributed by atoms with Crippen LogP contribution in [0.15, 0.2) is 24.3 Å². The Kier molecular flexibility index (Phi) is 3.78. The van der Waals surface area contributed by atoms with Crippen molar-refractivity contribution < 1.29 is 5.11 Å². The molecule has 1 aromatic rings. The van der Waals surface area contributed by atoms with E-state index in [1.54, 1.807) is 0 Å². The Morgan fingerprint density at radius 1 is 1.20 bits per heavy atom. The van der Waals surface area contributed by atoms with Crippen molar-refractivity contribution in [1.29, 1.82) is 5.26 Å². The third-order valence-corrected chi connectivity index (χ3v) is 5.15. The number of aliphatic hydroxyl groups excluding tert-OH is 1. The van der Waals surface area contributed by atoms with E-state index in [0.717, 1.165) is 30.5 Å². The summed E-state index contributed by atoms with van der Waals surface area (Å²) in [6.07, 6.45) is 4.32. The highest BCUT2D eigenvalue weighted by Crippen LogP contribution is 2.45. The summed E-state index contributed by atoms with van der Waals surface area (Å²) in [7, 11) is 2.16. The maximum atomic E-state index is 9.71. The fourth-order valence-corrected chi connectivity index (χ4v) is 4.08. The summed E-state index contributed by atoms with van der Waals surface area (Å²) in [5, 5.41) is 18.9. The van der Waals surface area contributed by atoms with Crippen molar-refractivity contribution >= 4 is 0 Å². The van der Waals surface area contributed by atoms with E-state index >= 15 is 0 Å². The van der Waals surface area contributed by atoms with E-state index in [1.165, 1.54) is 12.8 Å². The molecular formula is C17H22N2O. The molecule has 1 N–H and O–H groups in total. The summed E-state index contributed by atoms with van der Waals surface area (Å²) >= 11 is 0. The minimum absolute atomic E-state index is 0.0597. The van der Waals surface area contributed by atoms with Crippen LogP contribution < -0.4 is 0 Å². The molecule has 0 radical (unpaired) electrons. The lowest BCUT2D eigenvalue weighted by Crippen LogP contribution is -2.30. The van der Waals surface area contributed by atoms with Crippen molar-refractivity contribution in [2.75, 3.05) is 7.05 Å². The van der Waals surface area contributed by atoms with E-state index in [2.05, 4.69) is 24.1 Å². The highest BCUT2D eigenvalue weighted by atomic mass is 16.3. The molecule has 2 aliphatic carbocycles. The molecule has 0 heterocycles. The van der Waals surface area contributed by atoms with Gasteiger partial charge in [-0.25, -0.2) is 0 Å². The lowest BCUT2D eigenvalue weighted by Gasteiger charge is -2.25. The van der Waals surface area contributed by atoms with Crippen molar-refractivity contribution in [3.05, 3.63) is 35.4 Å². The second-order valence-corrected chi connectivity index (χ2v) is 6.45. The zero-order valence-electron chi connectivity index (χ0n) is 12.0. The Balaban J connectivity index is 1.64. The van der Waals surface area contributed by atoms with Crippen molar-refractivity contribution in [2.45, 2.75) is 44.4 Å². The molecule has 3 nitrogen and oxygen atoms in total. The summed E-state index contributed by atoms with van der Waals surface area (Å²) < 4.78 is 0. The van der Waals surface area contributed by atoms with Gasteiger partial charge in [0.25, 0.3) is 0 Å².